The molecule has 0 saturated heterocycles. The molecule has 0 bridgehead atoms. The number of nitrogens with zero attached hydrogens (tertiary/aromatic N) is 3. The Hall–Kier alpha value is -1.90. The molecule has 3 N–H and O–H groups in total. The Balaban J connectivity index is 0.00000243. The Morgan fingerprint density at radius 2 is 2.15 bits per heavy atom. The summed E-state index contributed by atoms with van der Waals surface area (Å²) in [7, 11) is 1.72. The summed E-state index contributed by atoms with van der Waals surface area (Å²) in [6.07, 6.45) is 1.87. The molecule has 0 atom stereocenters. The summed E-state index contributed by atoms with van der Waals surface area (Å²) >= 11 is 1.45. The van der Waals surface area contributed by atoms with E-state index >= 15 is 0 Å². The van der Waals surface area contributed by atoms with E-state index in [4.69, 9.17) is 5.73 Å². The molecule has 3 rings (SSSR count). The average Bonchev–Trinajstić information content (AvgIpc) is 3.06. The molecule has 0 radical (unpaired) electrons. The van der Waals surface area contributed by atoms with Crippen LogP contribution in [0.3, 0.4) is 0 Å². The van der Waals surface area contributed by atoms with E-state index in [9.17, 15) is 9.59 Å². The lowest BCUT2D eigenvalue weighted by Gasteiger charge is -2.26. The van der Waals surface area contributed by atoms with Gasteiger partial charge < -0.3 is 11.1 Å². The summed E-state index contributed by atoms with van der Waals surface area (Å²) in [5, 5.41) is 7.59. The number of hydrogen-bond donors (Lipinski definition) is 2. The highest BCUT2D eigenvalue weighted by atomic mass is 35.5. The maximum atomic E-state index is 12.6. The van der Waals surface area contributed by atoms with Crippen molar-refractivity contribution in [2.45, 2.75) is 33.2 Å². The van der Waals surface area contributed by atoms with Crippen molar-refractivity contribution in [1.29, 1.82) is 0 Å². The summed E-state index contributed by atoms with van der Waals surface area (Å²) in [5.74, 6) is -0.771. The van der Waals surface area contributed by atoms with Crippen molar-refractivity contribution in [3.05, 3.63) is 33.5 Å². The second-order valence-electron chi connectivity index (χ2n) is 6.35. The molecule has 1 aliphatic rings. The zero-order chi connectivity index (χ0) is 18.1. The van der Waals surface area contributed by atoms with Crippen molar-refractivity contribution >= 4 is 40.6 Å². The number of aryl methyl sites for hydroxylation is 2. The van der Waals surface area contributed by atoms with Gasteiger partial charge in [0.25, 0.3) is 11.8 Å². The molecule has 0 fully saturated rings. The quantitative estimate of drug-likeness (QED) is 0.809. The van der Waals surface area contributed by atoms with Crippen molar-refractivity contribution in [3.8, 4) is 0 Å². The molecule has 0 spiro atoms. The van der Waals surface area contributed by atoms with Crippen LogP contribution in [0.25, 0.3) is 0 Å². The van der Waals surface area contributed by atoms with Gasteiger partial charge in [0.05, 0.1) is 11.3 Å². The highest BCUT2D eigenvalue weighted by molar-refractivity contribution is 7.17. The molecule has 7 nitrogen and oxygen atoms in total. The van der Waals surface area contributed by atoms with E-state index in [0.29, 0.717) is 16.3 Å². The topological polar surface area (TPSA) is 93.2 Å². The predicted octanol–water partition coefficient (Wildman–Crippen LogP) is 2.33. The van der Waals surface area contributed by atoms with Crippen molar-refractivity contribution in [3.63, 3.8) is 0 Å². The van der Waals surface area contributed by atoms with Crippen LogP contribution in [-0.2, 0) is 20.0 Å². The molecule has 2 aromatic rings. The molecule has 0 saturated carbocycles. The van der Waals surface area contributed by atoms with E-state index in [0.717, 1.165) is 48.6 Å². The lowest BCUT2D eigenvalue weighted by Crippen LogP contribution is -2.31. The van der Waals surface area contributed by atoms with Crippen LogP contribution in [0.5, 0.6) is 0 Å². The minimum absolute atomic E-state index is 0. The molecule has 26 heavy (non-hydrogen) atoms. The number of fused-ring (bicyclic) bond motifs is 1. The number of aromatic nitrogens is 2. The molecule has 9 heteroatoms. The lowest BCUT2D eigenvalue weighted by atomic mass is 10.0. The van der Waals surface area contributed by atoms with Gasteiger partial charge in [0.2, 0.25) is 0 Å². The van der Waals surface area contributed by atoms with E-state index < -0.39 is 5.91 Å². The first-order valence-corrected chi connectivity index (χ1v) is 9.21. The smallest absolute Gasteiger partial charge is 0.274 e. The van der Waals surface area contributed by atoms with Gasteiger partial charge >= 0.3 is 0 Å². The first-order valence-electron chi connectivity index (χ1n) is 8.39. The Kier molecular flexibility index (Phi) is 6.44. The molecular formula is C17H24ClN5O2S. The molecule has 2 aromatic heterocycles. The maximum absolute atomic E-state index is 12.6. The third kappa shape index (κ3) is 3.92. The second kappa shape index (κ2) is 8.20. The van der Waals surface area contributed by atoms with Gasteiger partial charge in [0.15, 0.2) is 0 Å². The van der Waals surface area contributed by atoms with Gasteiger partial charge in [-0.2, -0.15) is 5.10 Å². The largest absolute Gasteiger partial charge is 0.365 e. The Bertz CT molecular complexity index is 829. The van der Waals surface area contributed by atoms with E-state index in [1.807, 2.05) is 6.92 Å². The third-order valence-electron chi connectivity index (χ3n) is 4.38. The number of carbonyl (C=O) groups excluding carboxylic acids is 2. The van der Waals surface area contributed by atoms with E-state index in [1.165, 1.54) is 16.0 Å². The van der Waals surface area contributed by atoms with Crippen molar-refractivity contribution in [2.75, 3.05) is 18.4 Å². The summed E-state index contributed by atoms with van der Waals surface area (Å²) in [5.41, 5.74) is 8.28. The van der Waals surface area contributed by atoms with Crippen LogP contribution in [-0.4, -0.2) is 39.6 Å². The minimum Gasteiger partial charge on any atom is -0.365 e. The Labute approximate surface area is 163 Å². The standard InChI is InChI=1S/C17H23N5O2S.ClH/c1-4-6-22-7-5-11-13(9-22)25-17(14(11)15(18)23)19-16(24)12-8-10(2)20-21(12)3;/h8H,4-7,9H2,1-3H3,(H2,18,23)(H,19,24);1H. The minimum atomic E-state index is -0.488. The van der Waals surface area contributed by atoms with Crippen molar-refractivity contribution < 1.29 is 9.59 Å². The normalized spacial score (nSPS) is 13.8. The molecule has 1 aliphatic heterocycles. The summed E-state index contributed by atoms with van der Waals surface area (Å²) < 4.78 is 1.53. The first kappa shape index (κ1) is 20.4. The number of amides is 2. The number of anilines is 1. The van der Waals surface area contributed by atoms with Crippen molar-refractivity contribution in [1.82, 2.24) is 14.7 Å². The molecule has 0 unspecified atom stereocenters. The van der Waals surface area contributed by atoms with Gasteiger partial charge in [0.1, 0.15) is 10.7 Å². The monoisotopic (exact) mass is 397 g/mol. The second-order valence-corrected chi connectivity index (χ2v) is 7.45. The Morgan fingerprint density at radius 1 is 1.42 bits per heavy atom. The number of rotatable bonds is 5. The molecule has 3 heterocycles. The Morgan fingerprint density at radius 3 is 2.73 bits per heavy atom. The highest BCUT2D eigenvalue weighted by Crippen LogP contribution is 2.37. The number of halogens is 1. The van der Waals surface area contributed by atoms with E-state index in [1.54, 1.807) is 13.1 Å². The summed E-state index contributed by atoms with van der Waals surface area (Å²) in [6.45, 7) is 6.72. The van der Waals surface area contributed by atoms with Gasteiger partial charge in [-0.1, -0.05) is 6.92 Å². The highest BCUT2D eigenvalue weighted by Gasteiger charge is 2.28. The molecule has 0 aromatic carbocycles. The van der Waals surface area contributed by atoms with Crippen LogP contribution in [0.15, 0.2) is 6.07 Å². The van der Waals surface area contributed by atoms with Crippen LogP contribution in [0, 0.1) is 6.92 Å². The number of primary amides is 1. The predicted molar refractivity (Wildman–Crippen MR) is 105 cm³/mol. The van der Waals surface area contributed by atoms with Crippen LogP contribution < -0.4 is 11.1 Å². The zero-order valence-electron chi connectivity index (χ0n) is 15.2. The van der Waals surface area contributed by atoms with Crippen molar-refractivity contribution in [2.24, 2.45) is 12.8 Å². The van der Waals surface area contributed by atoms with Crippen LogP contribution in [0.1, 0.15) is 50.3 Å². The number of nitrogens with one attached hydrogen (secondary N) is 1. The summed E-state index contributed by atoms with van der Waals surface area (Å²) in [4.78, 5) is 28.0. The van der Waals surface area contributed by atoms with Gasteiger partial charge in [0, 0.05) is 25.0 Å². The van der Waals surface area contributed by atoms with Crippen LogP contribution in [0.4, 0.5) is 5.00 Å². The first-order chi connectivity index (χ1) is 11.9. The summed E-state index contributed by atoms with van der Waals surface area (Å²) in [6, 6.07) is 1.72. The van der Waals surface area contributed by atoms with Crippen LogP contribution >= 0.6 is 23.7 Å². The molecule has 0 aliphatic carbocycles. The molecule has 2 amide bonds. The number of thiophene rings is 1. The van der Waals surface area contributed by atoms with Gasteiger partial charge in [-0.3, -0.25) is 19.2 Å². The van der Waals surface area contributed by atoms with Gasteiger partial charge in [-0.05, 0) is 37.9 Å². The van der Waals surface area contributed by atoms with Gasteiger partial charge in [-0.25, -0.2) is 0 Å². The van der Waals surface area contributed by atoms with E-state index in [2.05, 4.69) is 22.2 Å². The molecule has 142 valence electrons. The fourth-order valence-corrected chi connectivity index (χ4v) is 4.59. The fourth-order valence-electron chi connectivity index (χ4n) is 3.30. The zero-order valence-corrected chi connectivity index (χ0v) is 16.8. The molecular weight excluding hydrogens is 374 g/mol. The van der Waals surface area contributed by atoms with Gasteiger partial charge in [-0.15, -0.1) is 23.7 Å². The maximum Gasteiger partial charge on any atom is 0.274 e. The number of nitrogens with two attached hydrogens (primary N) is 1. The van der Waals surface area contributed by atoms with E-state index in [-0.39, 0.29) is 18.3 Å². The number of hydrogen-bond acceptors (Lipinski definition) is 5. The number of carbonyl (C=O) groups is 2. The lowest BCUT2D eigenvalue weighted by molar-refractivity contribution is 0.1000. The van der Waals surface area contributed by atoms with Crippen LogP contribution in [0.2, 0.25) is 0 Å². The SMILES string of the molecule is CCCN1CCc2c(sc(NC(=O)c3cc(C)nn3C)c2C(N)=O)C1.Cl. The fraction of sp³-hybridized carbons (Fsp3) is 0.471. The third-order valence-corrected chi connectivity index (χ3v) is 5.52. The average molecular weight is 398 g/mol.